The van der Waals surface area contributed by atoms with Crippen molar-refractivity contribution in [2.75, 3.05) is 0 Å². The zero-order chi connectivity index (χ0) is 20.2. The molecule has 0 saturated carbocycles. The second-order valence-corrected chi connectivity index (χ2v) is 7.25. The summed E-state index contributed by atoms with van der Waals surface area (Å²) >= 11 is 3.32. The lowest BCUT2D eigenvalue weighted by atomic mass is 10.1. The number of amides is 1. The summed E-state index contributed by atoms with van der Waals surface area (Å²) in [7, 11) is 0. The van der Waals surface area contributed by atoms with Crippen molar-refractivity contribution in [1.29, 1.82) is 0 Å². The topological polar surface area (TPSA) is 59.8 Å². The normalized spacial score (nSPS) is 10.7. The van der Waals surface area contributed by atoms with E-state index in [1.54, 1.807) is 41.5 Å². The second kappa shape index (κ2) is 8.36. The van der Waals surface area contributed by atoms with Gasteiger partial charge < -0.3 is 5.32 Å². The standard InChI is InChI=1S/C22H16BrFN4O/c23-17-8-9-20(24)16(11-17)13-26-22(29)19-14-28(18-6-2-1-3-7-18)27-21(19)15-5-4-10-25-12-15/h1-12,14H,13H2,(H,26,29). The van der Waals surface area contributed by atoms with E-state index < -0.39 is 0 Å². The maximum atomic E-state index is 14.0. The van der Waals surface area contributed by atoms with Gasteiger partial charge in [-0.3, -0.25) is 9.78 Å². The number of hydrogen-bond acceptors (Lipinski definition) is 3. The summed E-state index contributed by atoms with van der Waals surface area (Å²) in [4.78, 5) is 17.1. The smallest absolute Gasteiger partial charge is 0.255 e. The molecule has 0 spiro atoms. The molecule has 0 aliphatic rings. The molecule has 0 saturated heterocycles. The van der Waals surface area contributed by atoms with Crippen molar-refractivity contribution < 1.29 is 9.18 Å². The molecular weight excluding hydrogens is 435 g/mol. The Morgan fingerprint density at radius 3 is 2.69 bits per heavy atom. The van der Waals surface area contributed by atoms with Crippen molar-refractivity contribution in [3.05, 3.63) is 101 Å². The molecule has 7 heteroatoms. The van der Waals surface area contributed by atoms with Crippen LogP contribution >= 0.6 is 15.9 Å². The lowest BCUT2D eigenvalue weighted by Crippen LogP contribution is -2.23. The Morgan fingerprint density at radius 2 is 1.93 bits per heavy atom. The number of pyridine rings is 1. The van der Waals surface area contributed by atoms with Gasteiger partial charge >= 0.3 is 0 Å². The highest BCUT2D eigenvalue weighted by atomic mass is 79.9. The maximum Gasteiger partial charge on any atom is 0.255 e. The molecule has 0 radical (unpaired) electrons. The number of benzene rings is 2. The summed E-state index contributed by atoms with van der Waals surface area (Å²) < 4.78 is 16.4. The Morgan fingerprint density at radius 1 is 1.10 bits per heavy atom. The third-order valence-corrected chi connectivity index (χ3v) is 4.85. The van der Waals surface area contributed by atoms with Crippen molar-refractivity contribution in [2.24, 2.45) is 0 Å². The molecular formula is C22H16BrFN4O. The highest BCUT2D eigenvalue weighted by Crippen LogP contribution is 2.23. The van der Waals surface area contributed by atoms with Gasteiger partial charge in [-0.1, -0.05) is 34.1 Å². The van der Waals surface area contributed by atoms with E-state index in [1.165, 1.54) is 6.07 Å². The molecule has 144 valence electrons. The third-order valence-electron chi connectivity index (χ3n) is 4.36. The van der Waals surface area contributed by atoms with Crippen LogP contribution in [0.25, 0.3) is 16.9 Å². The van der Waals surface area contributed by atoms with E-state index >= 15 is 0 Å². The molecule has 4 rings (SSSR count). The Labute approximate surface area is 175 Å². The van der Waals surface area contributed by atoms with E-state index in [2.05, 4.69) is 31.3 Å². The lowest BCUT2D eigenvalue weighted by Gasteiger charge is -2.07. The zero-order valence-corrected chi connectivity index (χ0v) is 16.8. The van der Waals surface area contributed by atoms with E-state index in [1.807, 2.05) is 36.4 Å². The van der Waals surface area contributed by atoms with Gasteiger partial charge in [-0.15, -0.1) is 0 Å². The summed E-state index contributed by atoms with van der Waals surface area (Å²) in [5.74, 6) is -0.716. The first kappa shape index (κ1) is 19.0. The van der Waals surface area contributed by atoms with Crippen molar-refractivity contribution in [2.45, 2.75) is 6.54 Å². The lowest BCUT2D eigenvalue weighted by molar-refractivity contribution is 0.0951. The number of carbonyl (C=O) groups is 1. The van der Waals surface area contributed by atoms with Crippen LogP contribution in [0.5, 0.6) is 0 Å². The number of hydrogen-bond donors (Lipinski definition) is 1. The predicted octanol–water partition coefficient (Wildman–Crippen LogP) is 4.77. The monoisotopic (exact) mass is 450 g/mol. The SMILES string of the molecule is O=C(NCc1cc(Br)ccc1F)c1cn(-c2ccccc2)nc1-c1cccnc1. The van der Waals surface area contributed by atoms with Gasteiger partial charge in [-0.25, -0.2) is 9.07 Å². The predicted molar refractivity (Wildman–Crippen MR) is 112 cm³/mol. The highest BCUT2D eigenvalue weighted by Gasteiger charge is 2.19. The Bertz CT molecular complexity index is 1150. The van der Waals surface area contributed by atoms with Crippen LogP contribution in [-0.4, -0.2) is 20.7 Å². The van der Waals surface area contributed by atoms with Crippen molar-refractivity contribution in [3.8, 4) is 16.9 Å². The van der Waals surface area contributed by atoms with Gasteiger partial charge in [0.05, 0.1) is 11.3 Å². The second-order valence-electron chi connectivity index (χ2n) is 6.33. The molecule has 2 aromatic heterocycles. The van der Waals surface area contributed by atoms with Crippen LogP contribution in [0.3, 0.4) is 0 Å². The molecule has 1 N–H and O–H groups in total. The van der Waals surface area contributed by atoms with E-state index in [9.17, 15) is 9.18 Å². The van der Waals surface area contributed by atoms with E-state index in [-0.39, 0.29) is 18.3 Å². The molecule has 2 heterocycles. The van der Waals surface area contributed by atoms with Crippen molar-refractivity contribution in [1.82, 2.24) is 20.1 Å². The number of nitrogens with one attached hydrogen (secondary N) is 1. The average Bonchev–Trinajstić information content (AvgIpc) is 3.21. The number of para-hydroxylation sites is 1. The fraction of sp³-hybridized carbons (Fsp3) is 0.0455. The minimum Gasteiger partial charge on any atom is -0.348 e. The molecule has 0 unspecified atom stereocenters. The number of halogens is 2. The highest BCUT2D eigenvalue weighted by molar-refractivity contribution is 9.10. The van der Waals surface area contributed by atoms with Crippen LogP contribution in [0.1, 0.15) is 15.9 Å². The van der Waals surface area contributed by atoms with Gasteiger partial charge in [0.25, 0.3) is 5.91 Å². The molecule has 29 heavy (non-hydrogen) atoms. The van der Waals surface area contributed by atoms with E-state index in [4.69, 9.17) is 0 Å². The minimum absolute atomic E-state index is 0.0626. The molecule has 0 aliphatic heterocycles. The molecule has 1 amide bonds. The fourth-order valence-electron chi connectivity index (χ4n) is 2.92. The first-order chi connectivity index (χ1) is 14.1. The number of carbonyl (C=O) groups excluding carboxylic acids is 1. The first-order valence-corrected chi connectivity index (χ1v) is 9.69. The number of aromatic nitrogens is 3. The molecule has 0 aliphatic carbocycles. The van der Waals surface area contributed by atoms with Crippen LogP contribution in [-0.2, 0) is 6.54 Å². The Balaban J connectivity index is 1.67. The molecule has 5 nitrogen and oxygen atoms in total. The quantitative estimate of drug-likeness (QED) is 0.476. The van der Waals surface area contributed by atoms with Crippen LogP contribution in [0.2, 0.25) is 0 Å². The summed E-state index contributed by atoms with van der Waals surface area (Å²) in [5.41, 5.74) is 2.84. The Kier molecular flexibility index (Phi) is 5.48. The summed E-state index contributed by atoms with van der Waals surface area (Å²) in [5, 5.41) is 7.38. The van der Waals surface area contributed by atoms with Crippen LogP contribution in [0.15, 0.2) is 83.7 Å². The Hall–Kier alpha value is -3.32. The molecule has 4 aromatic rings. The largest absolute Gasteiger partial charge is 0.348 e. The van der Waals surface area contributed by atoms with Gasteiger partial charge in [0.15, 0.2) is 0 Å². The van der Waals surface area contributed by atoms with Crippen molar-refractivity contribution >= 4 is 21.8 Å². The van der Waals surface area contributed by atoms with Gasteiger partial charge in [-0.2, -0.15) is 5.10 Å². The molecule has 0 atom stereocenters. The van der Waals surface area contributed by atoms with Crippen molar-refractivity contribution in [3.63, 3.8) is 0 Å². The first-order valence-electron chi connectivity index (χ1n) is 8.89. The molecule has 2 aromatic carbocycles. The van der Waals surface area contributed by atoms with E-state index in [0.29, 0.717) is 16.8 Å². The zero-order valence-electron chi connectivity index (χ0n) is 15.2. The van der Waals surface area contributed by atoms with E-state index in [0.717, 1.165) is 15.7 Å². The van der Waals surface area contributed by atoms with Gasteiger partial charge in [-0.05, 0) is 42.5 Å². The van der Waals surface area contributed by atoms with Crippen LogP contribution in [0.4, 0.5) is 4.39 Å². The molecule has 0 bridgehead atoms. The van der Waals surface area contributed by atoms with Crippen LogP contribution in [0, 0.1) is 5.82 Å². The van der Waals surface area contributed by atoms with Gasteiger partial charge in [0.2, 0.25) is 0 Å². The van der Waals surface area contributed by atoms with Crippen LogP contribution < -0.4 is 5.32 Å². The summed E-state index contributed by atoms with van der Waals surface area (Å²) in [6.07, 6.45) is 4.99. The third kappa shape index (κ3) is 4.25. The minimum atomic E-state index is -0.374. The summed E-state index contributed by atoms with van der Waals surface area (Å²) in [6.45, 7) is 0.0626. The average molecular weight is 451 g/mol. The summed E-state index contributed by atoms with van der Waals surface area (Å²) in [6, 6.07) is 17.8. The number of nitrogens with zero attached hydrogens (tertiary/aromatic N) is 3. The van der Waals surface area contributed by atoms with Gasteiger partial charge in [0.1, 0.15) is 11.5 Å². The fourth-order valence-corrected chi connectivity index (χ4v) is 3.33. The molecule has 0 fully saturated rings. The number of rotatable bonds is 5. The van der Waals surface area contributed by atoms with Gasteiger partial charge in [0, 0.05) is 40.7 Å². The maximum absolute atomic E-state index is 14.0.